The first kappa shape index (κ1) is 11.3. The molecule has 15 heavy (non-hydrogen) atoms. The summed E-state index contributed by atoms with van der Waals surface area (Å²) in [4.78, 5) is 21.9. The zero-order valence-electron chi connectivity index (χ0n) is 7.92. The van der Waals surface area contributed by atoms with Crippen molar-refractivity contribution in [3.05, 3.63) is 35.4 Å². The molecular weight excluding hydrogens is 206 g/mol. The summed E-state index contributed by atoms with van der Waals surface area (Å²) in [6, 6.07) is 2.22. The molecule has 0 heterocycles. The molecule has 1 aromatic rings. The minimum Gasteiger partial charge on any atom is -0.389 e. The van der Waals surface area contributed by atoms with Crippen molar-refractivity contribution < 1.29 is 23.1 Å². The van der Waals surface area contributed by atoms with E-state index in [2.05, 4.69) is 4.74 Å². The van der Waals surface area contributed by atoms with Crippen LogP contribution in [0, 0.1) is 11.6 Å². The Bertz CT molecular complexity index is 381. The van der Waals surface area contributed by atoms with E-state index in [1.165, 1.54) is 6.92 Å². The smallest absolute Gasteiger partial charge is 0.345 e. The van der Waals surface area contributed by atoms with Crippen molar-refractivity contribution in [1.29, 1.82) is 0 Å². The summed E-state index contributed by atoms with van der Waals surface area (Å²) in [6.07, 6.45) is 0.0174. The number of hydrogen-bond acceptors (Lipinski definition) is 3. The molecule has 0 aliphatic heterocycles. The molecule has 0 aliphatic rings. The van der Waals surface area contributed by atoms with Crippen molar-refractivity contribution in [3.63, 3.8) is 0 Å². The van der Waals surface area contributed by atoms with Crippen LogP contribution in [-0.4, -0.2) is 11.9 Å². The second kappa shape index (κ2) is 4.63. The zero-order chi connectivity index (χ0) is 11.4. The highest BCUT2D eigenvalue weighted by Crippen LogP contribution is 2.09. The molecule has 0 amide bonds. The van der Waals surface area contributed by atoms with Crippen LogP contribution in [0.5, 0.6) is 0 Å². The molecule has 0 saturated carbocycles. The molecule has 0 fully saturated rings. The molecule has 0 aromatic heterocycles. The van der Waals surface area contributed by atoms with Gasteiger partial charge in [0, 0.05) is 12.5 Å². The Kier molecular flexibility index (Phi) is 3.49. The second-order valence-electron chi connectivity index (χ2n) is 2.77. The maximum absolute atomic E-state index is 12.7. The van der Waals surface area contributed by atoms with Crippen molar-refractivity contribution in [2.24, 2.45) is 0 Å². The van der Waals surface area contributed by atoms with E-state index < -0.39 is 23.6 Å². The van der Waals surface area contributed by atoms with Crippen LogP contribution < -0.4 is 0 Å². The molecule has 0 atom stereocenters. The van der Waals surface area contributed by atoms with Crippen molar-refractivity contribution in [3.8, 4) is 0 Å². The molecule has 0 spiro atoms. The molecule has 1 aromatic carbocycles. The summed E-state index contributed by atoms with van der Waals surface area (Å²) in [5, 5.41) is 0. The van der Waals surface area contributed by atoms with Gasteiger partial charge in [0.2, 0.25) is 0 Å². The summed E-state index contributed by atoms with van der Waals surface area (Å²) in [7, 11) is 0. The van der Waals surface area contributed by atoms with Crippen LogP contribution in [-0.2, 0) is 9.53 Å². The molecule has 0 saturated heterocycles. The fourth-order valence-corrected chi connectivity index (χ4v) is 0.906. The monoisotopic (exact) mass is 214 g/mol. The largest absolute Gasteiger partial charge is 0.389 e. The van der Waals surface area contributed by atoms with Crippen molar-refractivity contribution in [1.82, 2.24) is 0 Å². The van der Waals surface area contributed by atoms with Gasteiger partial charge >= 0.3 is 11.9 Å². The van der Waals surface area contributed by atoms with Crippen LogP contribution in [0.15, 0.2) is 18.2 Å². The van der Waals surface area contributed by atoms with Crippen LogP contribution in [0.2, 0.25) is 0 Å². The number of ether oxygens (including phenoxy) is 1. The molecule has 5 heteroatoms. The lowest BCUT2D eigenvalue weighted by atomic mass is 10.2. The maximum Gasteiger partial charge on any atom is 0.345 e. The number of rotatable bonds is 2. The number of carbonyl (C=O) groups excluding carboxylic acids is 2. The van der Waals surface area contributed by atoms with E-state index in [9.17, 15) is 18.4 Å². The third-order valence-corrected chi connectivity index (χ3v) is 1.59. The SMILES string of the molecule is CCC(=O)OC(=O)c1cc(F)cc(F)c1. The van der Waals surface area contributed by atoms with Gasteiger partial charge in [0.05, 0.1) is 5.56 Å². The minimum atomic E-state index is -1.06. The fraction of sp³-hybridized carbons (Fsp3) is 0.200. The van der Waals surface area contributed by atoms with Crippen LogP contribution >= 0.6 is 0 Å². The molecular formula is C10H8F2O3. The first-order chi connectivity index (χ1) is 7.02. The highest BCUT2D eigenvalue weighted by molar-refractivity contribution is 5.96. The van der Waals surface area contributed by atoms with E-state index >= 15 is 0 Å². The third kappa shape index (κ3) is 3.12. The van der Waals surface area contributed by atoms with Crippen LogP contribution in [0.3, 0.4) is 0 Å². The minimum absolute atomic E-state index is 0.0174. The van der Waals surface area contributed by atoms with Crippen LogP contribution in [0.25, 0.3) is 0 Å². The van der Waals surface area contributed by atoms with E-state index in [0.717, 1.165) is 12.1 Å². The standard InChI is InChI=1S/C10H8F2O3/c1-2-9(13)15-10(14)6-3-7(11)5-8(12)4-6/h3-5H,2H2,1H3. The molecule has 0 aliphatic carbocycles. The average molecular weight is 214 g/mol. The molecule has 0 bridgehead atoms. The summed E-state index contributed by atoms with van der Waals surface area (Å²) in [6.45, 7) is 1.50. The van der Waals surface area contributed by atoms with Gasteiger partial charge in [0.25, 0.3) is 0 Å². The van der Waals surface area contributed by atoms with Gasteiger partial charge in [-0.15, -0.1) is 0 Å². The van der Waals surface area contributed by atoms with Gasteiger partial charge in [-0.05, 0) is 12.1 Å². The van der Waals surface area contributed by atoms with Gasteiger partial charge in [0.15, 0.2) is 0 Å². The van der Waals surface area contributed by atoms with Gasteiger partial charge in [-0.3, -0.25) is 4.79 Å². The summed E-state index contributed by atoms with van der Waals surface area (Å²) >= 11 is 0. The highest BCUT2D eigenvalue weighted by atomic mass is 19.1. The van der Waals surface area contributed by atoms with E-state index in [-0.39, 0.29) is 12.0 Å². The molecule has 3 nitrogen and oxygen atoms in total. The molecule has 80 valence electrons. The molecule has 0 unspecified atom stereocenters. The number of esters is 2. The zero-order valence-corrected chi connectivity index (χ0v) is 7.92. The first-order valence-corrected chi connectivity index (χ1v) is 4.24. The van der Waals surface area contributed by atoms with E-state index in [0.29, 0.717) is 6.07 Å². The molecule has 0 radical (unpaired) electrons. The van der Waals surface area contributed by atoms with E-state index in [1.807, 2.05) is 0 Å². The van der Waals surface area contributed by atoms with Crippen LogP contribution in [0.4, 0.5) is 8.78 Å². The van der Waals surface area contributed by atoms with Gasteiger partial charge < -0.3 is 4.74 Å². The Balaban J connectivity index is 2.86. The lowest BCUT2D eigenvalue weighted by molar-refractivity contribution is -0.137. The predicted octanol–water partition coefficient (Wildman–Crippen LogP) is 2.06. The molecule has 0 N–H and O–H groups in total. The van der Waals surface area contributed by atoms with Gasteiger partial charge in [0.1, 0.15) is 11.6 Å². The van der Waals surface area contributed by atoms with Gasteiger partial charge in [-0.25, -0.2) is 13.6 Å². The normalized spacial score (nSPS) is 9.80. The number of benzene rings is 1. The lowest BCUT2D eigenvalue weighted by Gasteiger charge is -2.01. The van der Waals surface area contributed by atoms with E-state index in [4.69, 9.17) is 0 Å². The average Bonchev–Trinajstić information content (AvgIpc) is 2.16. The number of carbonyl (C=O) groups is 2. The Morgan fingerprint density at radius 2 is 1.73 bits per heavy atom. The fourth-order valence-electron chi connectivity index (χ4n) is 0.906. The third-order valence-electron chi connectivity index (χ3n) is 1.59. The molecule has 1 rings (SSSR count). The van der Waals surface area contributed by atoms with E-state index in [1.54, 1.807) is 0 Å². The Hall–Kier alpha value is -1.78. The Labute approximate surface area is 84.7 Å². The van der Waals surface area contributed by atoms with Crippen molar-refractivity contribution in [2.75, 3.05) is 0 Å². The maximum atomic E-state index is 12.7. The first-order valence-electron chi connectivity index (χ1n) is 4.24. The summed E-state index contributed by atoms with van der Waals surface area (Å²) in [5.41, 5.74) is -0.325. The van der Waals surface area contributed by atoms with Crippen LogP contribution in [0.1, 0.15) is 23.7 Å². The number of hydrogen-bond donors (Lipinski definition) is 0. The predicted molar refractivity (Wildman–Crippen MR) is 47.1 cm³/mol. The van der Waals surface area contributed by atoms with Gasteiger partial charge in [-0.2, -0.15) is 0 Å². The quantitative estimate of drug-likeness (QED) is 0.559. The second-order valence-corrected chi connectivity index (χ2v) is 2.77. The topological polar surface area (TPSA) is 43.4 Å². The summed E-state index contributed by atoms with van der Waals surface area (Å²) in [5.74, 6) is -3.60. The van der Waals surface area contributed by atoms with Crippen molar-refractivity contribution in [2.45, 2.75) is 13.3 Å². The Morgan fingerprint density at radius 3 is 2.20 bits per heavy atom. The summed E-state index contributed by atoms with van der Waals surface area (Å²) < 4.78 is 29.6. The van der Waals surface area contributed by atoms with Crippen molar-refractivity contribution >= 4 is 11.9 Å². The number of halogens is 2. The van der Waals surface area contributed by atoms with Gasteiger partial charge in [-0.1, -0.05) is 6.92 Å². The Morgan fingerprint density at radius 1 is 1.20 bits per heavy atom. The highest BCUT2D eigenvalue weighted by Gasteiger charge is 2.13. The lowest BCUT2D eigenvalue weighted by Crippen LogP contribution is -2.11.